The standard InChI is InChI=1S/C14H20FN3O2/c1-3-16-13-12(15)10(4-6-17-13)14(20)18-7-5-11(19)9(2)8-18/h4,6,9,11,19H,3,5,7-8H2,1-2H3,(H,16,17). The van der Waals surface area contributed by atoms with Gasteiger partial charge in [-0.1, -0.05) is 6.92 Å². The molecular formula is C14H20FN3O2. The van der Waals surface area contributed by atoms with E-state index >= 15 is 0 Å². The fraction of sp³-hybridized carbons (Fsp3) is 0.571. The number of hydrogen-bond donors (Lipinski definition) is 2. The highest BCUT2D eigenvalue weighted by Gasteiger charge is 2.29. The Morgan fingerprint density at radius 1 is 1.65 bits per heavy atom. The molecule has 1 aliphatic heterocycles. The molecule has 5 nitrogen and oxygen atoms in total. The topological polar surface area (TPSA) is 65.5 Å². The molecule has 1 aliphatic rings. The van der Waals surface area contributed by atoms with Gasteiger partial charge in [0, 0.05) is 25.8 Å². The summed E-state index contributed by atoms with van der Waals surface area (Å²) < 4.78 is 14.2. The second kappa shape index (κ2) is 6.17. The van der Waals surface area contributed by atoms with Crippen molar-refractivity contribution < 1.29 is 14.3 Å². The quantitative estimate of drug-likeness (QED) is 0.881. The Labute approximate surface area is 117 Å². The number of amides is 1. The summed E-state index contributed by atoms with van der Waals surface area (Å²) in [4.78, 5) is 17.9. The number of aliphatic hydroxyl groups is 1. The zero-order valence-electron chi connectivity index (χ0n) is 11.8. The molecule has 1 aromatic rings. The summed E-state index contributed by atoms with van der Waals surface area (Å²) in [7, 11) is 0. The molecule has 1 amide bonds. The largest absolute Gasteiger partial charge is 0.393 e. The second-order valence-electron chi connectivity index (χ2n) is 5.14. The molecule has 2 heterocycles. The van der Waals surface area contributed by atoms with E-state index in [9.17, 15) is 14.3 Å². The minimum Gasteiger partial charge on any atom is -0.393 e. The lowest BCUT2D eigenvalue weighted by atomic mass is 9.96. The summed E-state index contributed by atoms with van der Waals surface area (Å²) in [6.45, 7) is 5.15. The van der Waals surface area contributed by atoms with Crippen LogP contribution < -0.4 is 5.32 Å². The highest BCUT2D eigenvalue weighted by atomic mass is 19.1. The van der Waals surface area contributed by atoms with Gasteiger partial charge in [0.15, 0.2) is 11.6 Å². The molecule has 0 saturated carbocycles. The number of aromatic nitrogens is 1. The van der Waals surface area contributed by atoms with E-state index in [1.807, 2.05) is 13.8 Å². The van der Waals surface area contributed by atoms with Gasteiger partial charge in [0.05, 0.1) is 11.7 Å². The zero-order valence-corrected chi connectivity index (χ0v) is 11.8. The Morgan fingerprint density at radius 2 is 2.40 bits per heavy atom. The summed E-state index contributed by atoms with van der Waals surface area (Å²) in [5, 5.41) is 12.5. The third-order valence-corrected chi connectivity index (χ3v) is 3.61. The van der Waals surface area contributed by atoms with Crippen LogP contribution in [0.25, 0.3) is 0 Å². The van der Waals surface area contributed by atoms with Crippen LogP contribution in [0, 0.1) is 11.7 Å². The zero-order chi connectivity index (χ0) is 14.7. The van der Waals surface area contributed by atoms with Crippen molar-refractivity contribution in [1.82, 2.24) is 9.88 Å². The van der Waals surface area contributed by atoms with Crippen LogP contribution in [-0.2, 0) is 0 Å². The van der Waals surface area contributed by atoms with Gasteiger partial charge in [0.1, 0.15) is 0 Å². The highest BCUT2D eigenvalue weighted by molar-refractivity contribution is 5.95. The van der Waals surface area contributed by atoms with Gasteiger partial charge in [0.25, 0.3) is 5.91 Å². The minimum atomic E-state index is -0.613. The number of nitrogens with zero attached hydrogens (tertiary/aromatic N) is 2. The van der Waals surface area contributed by atoms with E-state index in [1.54, 1.807) is 4.90 Å². The Bertz CT molecular complexity index is 495. The molecule has 2 unspecified atom stereocenters. The number of pyridine rings is 1. The first-order valence-electron chi connectivity index (χ1n) is 6.90. The molecule has 0 aromatic carbocycles. The van der Waals surface area contributed by atoms with Gasteiger partial charge in [-0.2, -0.15) is 0 Å². The van der Waals surface area contributed by atoms with Crippen LogP contribution in [0.2, 0.25) is 0 Å². The van der Waals surface area contributed by atoms with Crippen molar-refractivity contribution >= 4 is 11.7 Å². The Balaban J connectivity index is 2.19. The maximum atomic E-state index is 14.2. The summed E-state index contributed by atoms with van der Waals surface area (Å²) in [5.74, 6) is -0.852. The van der Waals surface area contributed by atoms with Crippen LogP contribution in [0.4, 0.5) is 10.2 Å². The van der Waals surface area contributed by atoms with Crippen molar-refractivity contribution in [1.29, 1.82) is 0 Å². The van der Waals surface area contributed by atoms with Crippen LogP contribution in [-0.4, -0.2) is 46.6 Å². The van der Waals surface area contributed by atoms with Crippen LogP contribution in [0.15, 0.2) is 12.3 Å². The number of rotatable bonds is 3. The van der Waals surface area contributed by atoms with E-state index in [0.29, 0.717) is 26.1 Å². The third kappa shape index (κ3) is 2.90. The smallest absolute Gasteiger partial charge is 0.257 e. The van der Waals surface area contributed by atoms with Crippen molar-refractivity contribution in [2.24, 2.45) is 5.92 Å². The Morgan fingerprint density at radius 3 is 3.05 bits per heavy atom. The number of hydrogen-bond acceptors (Lipinski definition) is 4. The molecule has 0 bridgehead atoms. The number of likely N-dealkylation sites (tertiary alicyclic amines) is 1. The molecule has 2 rings (SSSR count). The number of anilines is 1. The van der Waals surface area contributed by atoms with Gasteiger partial charge in [-0.05, 0) is 25.3 Å². The predicted molar refractivity (Wildman–Crippen MR) is 74.1 cm³/mol. The van der Waals surface area contributed by atoms with E-state index < -0.39 is 11.9 Å². The molecule has 110 valence electrons. The molecule has 6 heteroatoms. The van der Waals surface area contributed by atoms with Crippen molar-refractivity contribution in [3.8, 4) is 0 Å². The predicted octanol–water partition coefficient (Wildman–Crippen LogP) is 1.50. The molecule has 20 heavy (non-hydrogen) atoms. The van der Waals surface area contributed by atoms with Crippen molar-refractivity contribution in [3.05, 3.63) is 23.6 Å². The molecule has 0 aliphatic carbocycles. The number of halogens is 1. The molecule has 2 atom stereocenters. The SMILES string of the molecule is CCNc1nccc(C(=O)N2CCC(O)C(C)C2)c1F. The van der Waals surface area contributed by atoms with Gasteiger partial charge < -0.3 is 15.3 Å². The highest BCUT2D eigenvalue weighted by Crippen LogP contribution is 2.21. The lowest BCUT2D eigenvalue weighted by molar-refractivity contribution is 0.0295. The number of piperidine rings is 1. The van der Waals surface area contributed by atoms with E-state index in [1.165, 1.54) is 12.3 Å². The van der Waals surface area contributed by atoms with Crippen LogP contribution in [0.3, 0.4) is 0 Å². The minimum absolute atomic E-state index is 0.00540. The normalized spacial score (nSPS) is 22.7. The summed E-state index contributed by atoms with van der Waals surface area (Å²) in [6.07, 6.45) is 1.56. The lowest BCUT2D eigenvalue weighted by Gasteiger charge is -2.34. The molecule has 2 N–H and O–H groups in total. The van der Waals surface area contributed by atoms with Crippen LogP contribution in [0.1, 0.15) is 30.6 Å². The third-order valence-electron chi connectivity index (χ3n) is 3.61. The fourth-order valence-electron chi connectivity index (χ4n) is 2.39. The second-order valence-corrected chi connectivity index (χ2v) is 5.14. The number of carbonyl (C=O) groups excluding carboxylic acids is 1. The van der Waals surface area contributed by atoms with Crippen LogP contribution >= 0.6 is 0 Å². The first-order valence-corrected chi connectivity index (χ1v) is 6.90. The van der Waals surface area contributed by atoms with Gasteiger partial charge >= 0.3 is 0 Å². The van der Waals surface area contributed by atoms with Crippen molar-refractivity contribution in [2.45, 2.75) is 26.4 Å². The maximum Gasteiger partial charge on any atom is 0.257 e. The van der Waals surface area contributed by atoms with Gasteiger partial charge in [-0.25, -0.2) is 9.37 Å². The molecule has 0 radical (unpaired) electrons. The van der Waals surface area contributed by atoms with Gasteiger partial charge in [-0.3, -0.25) is 4.79 Å². The van der Waals surface area contributed by atoms with E-state index in [2.05, 4.69) is 10.3 Å². The molecule has 1 saturated heterocycles. The maximum absolute atomic E-state index is 14.2. The first-order chi connectivity index (χ1) is 9.54. The van der Waals surface area contributed by atoms with Gasteiger partial charge in [-0.15, -0.1) is 0 Å². The molecule has 1 fully saturated rings. The average Bonchev–Trinajstić information content (AvgIpc) is 2.44. The Kier molecular flexibility index (Phi) is 4.54. The Hall–Kier alpha value is -1.69. The van der Waals surface area contributed by atoms with E-state index in [4.69, 9.17) is 0 Å². The lowest BCUT2D eigenvalue weighted by Crippen LogP contribution is -2.45. The van der Waals surface area contributed by atoms with Crippen molar-refractivity contribution in [3.63, 3.8) is 0 Å². The first kappa shape index (κ1) is 14.7. The van der Waals surface area contributed by atoms with Gasteiger partial charge in [0.2, 0.25) is 0 Å². The summed E-state index contributed by atoms with van der Waals surface area (Å²) >= 11 is 0. The number of carbonyl (C=O) groups is 1. The number of aliphatic hydroxyl groups excluding tert-OH is 1. The van der Waals surface area contributed by atoms with E-state index in [0.717, 1.165) is 0 Å². The monoisotopic (exact) mass is 281 g/mol. The molecule has 0 spiro atoms. The average molecular weight is 281 g/mol. The van der Waals surface area contributed by atoms with Crippen molar-refractivity contribution in [2.75, 3.05) is 25.0 Å². The molecule has 1 aromatic heterocycles. The van der Waals surface area contributed by atoms with E-state index in [-0.39, 0.29) is 23.2 Å². The molecular weight excluding hydrogens is 261 g/mol. The summed E-state index contributed by atoms with van der Waals surface area (Å²) in [6, 6.07) is 1.40. The fourth-order valence-corrected chi connectivity index (χ4v) is 2.39. The summed E-state index contributed by atoms with van der Waals surface area (Å²) in [5.41, 5.74) is 0.0274. The van der Waals surface area contributed by atoms with Crippen LogP contribution in [0.5, 0.6) is 0 Å². The number of nitrogens with one attached hydrogen (secondary N) is 1.